The maximum Gasteiger partial charge on any atom is 0.252 e. The molecule has 1 aliphatic rings. The van der Waals surface area contributed by atoms with E-state index in [1.807, 2.05) is 53.6 Å². The van der Waals surface area contributed by atoms with Crippen molar-refractivity contribution in [1.29, 1.82) is 0 Å². The Morgan fingerprint density at radius 3 is 2.46 bits per heavy atom. The van der Waals surface area contributed by atoms with Crippen LogP contribution in [-0.4, -0.2) is 27.1 Å². The molecule has 0 saturated heterocycles. The molecule has 0 unspecified atom stereocenters. The molecule has 2 aromatic carbocycles. The molecule has 4 heteroatoms. The molecule has 120 valence electrons. The highest BCUT2D eigenvalue weighted by atomic mass is 16.2. The monoisotopic (exact) mass is 317 g/mol. The summed E-state index contributed by atoms with van der Waals surface area (Å²) in [5.74, 6) is 0.0967. The van der Waals surface area contributed by atoms with Crippen molar-refractivity contribution in [1.82, 2.24) is 14.7 Å². The molecule has 0 saturated carbocycles. The molecule has 0 radical (unpaired) electrons. The summed E-state index contributed by atoms with van der Waals surface area (Å²) in [6.07, 6.45) is 4.48. The average Bonchev–Trinajstić information content (AvgIpc) is 3.16. The van der Waals surface area contributed by atoms with Crippen molar-refractivity contribution in [3.05, 3.63) is 89.7 Å². The normalized spacial score (nSPS) is 14.9. The number of rotatable bonds is 3. The van der Waals surface area contributed by atoms with E-state index in [1.165, 1.54) is 11.1 Å². The first kappa shape index (κ1) is 14.7. The molecule has 0 N–H and O–H groups in total. The van der Waals surface area contributed by atoms with E-state index in [-0.39, 0.29) is 5.91 Å². The second kappa shape index (κ2) is 6.32. The van der Waals surface area contributed by atoms with Crippen LogP contribution in [0.3, 0.4) is 0 Å². The fourth-order valence-corrected chi connectivity index (χ4v) is 3.33. The minimum absolute atomic E-state index is 0.0967. The van der Waals surface area contributed by atoms with Crippen molar-refractivity contribution in [3.63, 3.8) is 0 Å². The Hall–Kier alpha value is -2.88. The van der Waals surface area contributed by atoms with Crippen LogP contribution >= 0.6 is 0 Å². The molecule has 1 amide bonds. The van der Waals surface area contributed by atoms with Gasteiger partial charge < -0.3 is 4.90 Å². The topological polar surface area (TPSA) is 38.1 Å². The van der Waals surface area contributed by atoms with Gasteiger partial charge >= 0.3 is 0 Å². The molecular formula is C20H19N3O. The predicted octanol–water partition coefficient (Wildman–Crippen LogP) is 3.06. The number of fused-ring (bicyclic) bond motifs is 1. The van der Waals surface area contributed by atoms with E-state index in [0.29, 0.717) is 6.54 Å². The molecule has 4 nitrogen and oxygen atoms in total. The molecule has 3 aromatic rings. The lowest BCUT2D eigenvalue weighted by Crippen LogP contribution is -2.41. The Labute approximate surface area is 141 Å². The summed E-state index contributed by atoms with van der Waals surface area (Å²) in [5.41, 5.74) is 3.55. The van der Waals surface area contributed by atoms with E-state index in [4.69, 9.17) is 0 Å². The highest BCUT2D eigenvalue weighted by Crippen LogP contribution is 2.25. The quantitative estimate of drug-likeness (QED) is 0.744. The first-order chi connectivity index (χ1) is 11.8. The molecule has 4 rings (SSSR count). The van der Waals surface area contributed by atoms with Crippen LogP contribution in [0.4, 0.5) is 0 Å². The summed E-state index contributed by atoms with van der Waals surface area (Å²) in [4.78, 5) is 15.2. The third kappa shape index (κ3) is 2.71. The van der Waals surface area contributed by atoms with Gasteiger partial charge in [0.25, 0.3) is 5.91 Å². The molecule has 1 aromatic heterocycles. The van der Waals surface area contributed by atoms with E-state index >= 15 is 0 Å². The molecule has 0 bridgehead atoms. The fourth-order valence-electron chi connectivity index (χ4n) is 3.33. The van der Waals surface area contributed by atoms with Crippen molar-refractivity contribution < 1.29 is 4.79 Å². The minimum Gasteiger partial charge on any atom is -0.336 e. The Morgan fingerprint density at radius 1 is 0.958 bits per heavy atom. The summed E-state index contributed by atoms with van der Waals surface area (Å²) >= 11 is 0. The summed E-state index contributed by atoms with van der Waals surface area (Å²) in [6, 6.07) is 19.7. The van der Waals surface area contributed by atoms with Crippen LogP contribution in [-0.2, 0) is 17.8 Å². The lowest BCUT2D eigenvalue weighted by Gasteiger charge is -2.32. The molecule has 2 heterocycles. The molecular weight excluding hydrogens is 298 g/mol. The van der Waals surface area contributed by atoms with Crippen LogP contribution in [0.25, 0.3) is 0 Å². The van der Waals surface area contributed by atoms with Gasteiger partial charge in [-0.2, -0.15) is 5.10 Å². The van der Waals surface area contributed by atoms with E-state index in [2.05, 4.69) is 23.3 Å². The first-order valence-corrected chi connectivity index (χ1v) is 8.22. The summed E-state index contributed by atoms with van der Waals surface area (Å²) < 4.78 is 1.75. The summed E-state index contributed by atoms with van der Waals surface area (Å²) in [7, 11) is 0. The molecule has 0 fully saturated rings. The van der Waals surface area contributed by atoms with Gasteiger partial charge in [0, 0.05) is 25.5 Å². The van der Waals surface area contributed by atoms with Gasteiger partial charge in [-0.05, 0) is 29.2 Å². The van der Waals surface area contributed by atoms with Gasteiger partial charge in [0.15, 0.2) is 6.04 Å². The number of aromatic nitrogens is 2. The van der Waals surface area contributed by atoms with Gasteiger partial charge in [0.05, 0.1) is 0 Å². The van der Waals surface area contributed by atoms with Gasteiger partial charge in [-0.1, -0.05) is 54.6 Å². The highest BCUT2D eigenvalue weighted by Gasteiger charge is 2.29. The first-order valence-electron chi connectivity index (χ1n) is 8.22. The Balaban J connectivity index is 1.66. The number of benzene rings is 2. The zero-order chi connectivity index (χ0) is 16.4. The van der Waals surface area contributed by atoms with Gasteiger partial charge in [0.1, 0.15) is 0 Å². The number of carbonyl (C=O) groups excluding carboxylic acids is 1. The van der Waals surface area contributed by atoms with Crippen LogP contribution in [0, 0.1) is 0 Å². The summed E-state index contributed by atoms with van der Waals surface area (Å²) in [6.45, 7) is 1.42. The van der Waals surface area contributed by atoms with Crippen LogP contribution < -0.4 is 0 Å². The van der Waals surface area contributed by atoms with E-state index in [0.717, 1.165) is 18.5 Å². The average molecular weight is 317 g/mol. The van der Waals surface area contributed by atoms with Gasteiger partial charge in [-0.25, -0.2) is 0 Å². The zero-order valence-electron chi connectivity index (χ0n) is 13.4. The number of carbonyl (C=O) groups is 1. The zero-order valence-corrected chi connectivity index (χ0v) is 13.4. The summed E-state index contributed by atoms with van der Waals surface area (Å²) in [5, 5.41) is 4.32. The maximum absolute atomic E-state index is 13.3. The number of nitrogens with zero attached hydrogens (tertiary/aromatic N) is 3. The van der Waals surface area contributed by atoms with Crippen molar-refractivity contribution >= 4 is 5.91 Å². The Kier molecular flexibility index (Phi) is 3.87. The van der Waals surface area contributed by atoms with Crippen molar-refractivity contribution in [3.8, 4) is 0 Å². The van der Waals surface area contributed by atoms with E-state index in [9.17, 15) is 4.79 Å². The lowest BCUT2D eigenvalue weighted by molar-refractivity contribution is -0.134. The third-order valence-electron chi connectivity index (χ3n) is 4.58. The Morgan fingerprint density at radius 2 is 1.71 bits per heavy atom. The fraction of sp³-hybridized carbons (Fsp3) is 0.200. The van der Waals surface area contributed by atoms with E-state index in [1.54, 1.807) is 10.9 Å². The lowest BCUT2D eigenvalue weighted by atomic mass is 9.98. The number of amides is 1. The van der Waals surface area contributed by atoms with Crippen LogP contribution in [0.5, 0.6) is 0 Å². The largest absolute Gasteiger partial charge is 0.336 e. The third-order valence-corrected chi connectivity index (χ3v) is 4.58. The van der Waals surface area contributed by atoms with Crippen LogP contribution in [0.2, 0.25) is 0 Å². The van der Waals surface area contributed by atoms with E-state index < -0.39 is 6.04 Å². The molecule has 1 aliphatic heterocycles. The van der Waals surface area contributed by atoms with Crippen LogP contribution in [0.1, 0.15) is 22.7 Å². The molecule has 0 aliphatic carbocycles. The molecule has 0 spiro atoms. The van der Waals surface area contributed by atoms with Crippen molar-refractivity contribution in [2.75, 3.05) is 6.54 Å². The SMILES string of the molecule is O=C([C@@H](c1ccccc1)n1cccn1)N1CCc2ccccc2C1. The molecule has 24 heavy (non-hydrogen) atoms. The predicted molar refractivity (Wildman–Crippen MR) is 92.4 cm³/mol. The van der Waals surface area contributed by atoms with Gasteiger partial charge in [0.2, 0.25) is 0 Å². The second-order valence-electron chi connectivity index (χ2n) is 6.08. The Bertz CT molecular complexity index is 827. The number of hydrogen-bond donors (Lipinski definition) is 0. The van der Waals surface area contributed by atoms with Crippen molar-refractivity contribution in [2.45, 2.75) is 19.0 Å². The van der Waals surface area contributed by atoms with Gasteiger partial charge in [-0.3, -0.25) is 9.48 Å². The van der Waals surface area contributed by atoms with Crippen molar-refractivity contribution in [2.24, 2.45) is 0 Å². The minimum atomic E-state index is -0.411. The molecule has 1 atom stereocenters. The standard InChI is InChI=1S/C20H19N3O/c24-20(22-14-11-16-7-4-5-10-18(16)15-22)19(23-13-6-12-21-23)17-8-2-1-3-9-17/h1-10,12-13,19H,11,14-15H2/t19-/m1/s1. The van der Waals surface area contributed by atoms with Gasteiger partial charge in [-0.15, -0.1) is 0 Å². The maximum atomic E-state index is 13.3. The second-order valence-corrected chi connectivity index (χ2v) is 6.08. The van der Waals surface area contributed by atoms with Crippen LogP contribution in [0.15, 0.2) is 73.1 Å². The highest BCUT2D eigenvalue weighted by molar-refractivity contribution is 5.83. The smallest absolute Gasteiger partial charge is 0.252 e. The number of hydrogen-bond acceptors (Lipinski definition) is 2.